The Bertz CT molecular complexity index is 421. The van der Waals surface area contributed by atoms with Gasteiger partial charge in [-0.2, -0.15) is 5.26 Å². The highest BCUT2D eigenvalue weighted by molar-refractivity contribution is 5.32. The lowest BCUT2D eigenvalue weighted by Crippen LogP contribution is -2.23. The maximum Gasteiger partial charge on any atom is 0.0991 e. The third kappa shape index (κ3) is 4.48. The molecule has 0 amide bonds. The van der Waals surface area contributed by atoms with E-state index < -0.39 is 0 Å². The van der Waals surface area contributed by atoms with E-state index in [1.807, 2.05) is 18.2 Å². The van der Waals surface area contributed by atoms with Crippen molar-refractivity contribution in [3.8, 4) is 6.07 Å². The highest BCUT2D eigenvalue weighted by atomic mass is 16.5. The molecule has 0 bridgehead atoms. The van der Waals surface area contributed by atoms with Crippen molar-refractivity contribution in [1.29, 1.82) is 5.26 Å². The average Bonchev–Trinajstić information content (AvgIpc) is 3.19. The lowest BCUT2D eigenvalue weighted by molar-refractivity contribution is 0.102. The van der Waals surface area contributed by atoms with Crippen molar-refractivity contribution in [1.82, 2.24) is 4.90 Å². The molecular formula is C15H20N2O. The number of likely N-dealkylation sites (N-methyl/N-ethyl adjacent to an activating group) is 1. The molecule has 0 N–H and O–H groups in total. The van der Waals surface area contributed by atoms with Crippen molar-refractivity contribution < 1.29 is 4.74 Å². The van der Waals surface area contributed by atoms with E-state index in [1.54, 1.807) is 0 Å². The molecule has 0 radical (unpaired) electrons. The van der Waals surface area contributed by atoms with Crippen LogP contribution in [0.25, 0.3) is 0 Å². The fourth-order valence-electron chi connectivity index (χ4n) is 1.88. The number of nitriles is 1. The molecule has 1 saturated carbocycles. The fraction of sp³-hybridized carbons (Fsp3) is 0.533. The Kier molecular flexibility index (Phi) is 4.74. The van der Waals surface area contributed by atoms with Gasteiger partial charge in [0.25, 0.3) is 0 Å². The molecular weight excluding hydrogens is 224 g/mol. The monoisotopic (exact) mass is 244 g/mol. The van der Waals surface area contributed by atoms with Crippen LogP contribution in [0.5, 0.6) is 0 Å². The second kappa shape index (κ2) is 6.53. The number of rotatable bonds is 7. The summed E-state index contributed by atoms with van der Waals surface area (Å²) in [5.74, 6) is 0.836. The summed E-state index contributed by atoms with van der Waals surface area (Å²) >= 11 is 0. The van der Waals surface area contributed by atoms with Crippen LogP contribution in [0.3, 0.4) is 0 Å². The van der Waals surface area contributed by atoms with Gasteiger partial charge in [0, 0.05) is 19.7 Å². The third-order valence-electron chi connectivity index (χ3n) is 3.18. The van der Waals surface area contributed by atoms with Gasteiger partial charge in [0.05, 0.1) is 18.2 Å². The molecule has 0 aromatic heterocycles. The minimum absolute atomic E-state index is 0.728. The Morgan fingerprint density at radius 1 is 1.44 bits per heavy atom. The average molecular weight is 244 g/mol. The normalized spacial score (nSPS) is 14.7. The van der Waals surface area contributed by atoms with E-state index in [2.05, 4.69) is 24.1 Å². The first-order valence-electron chi connectivity index (χ1n) is 6.53. The molecule has 1 aromatic rings. The van der Waals surface area contributed by atoms with Crippen molar-refractivity contribution >= 4 is 0 Å². The van der Waals surface area contributed by atoms with Crippen LogP contribution in [0.4, 0.5) is 0 Å². The molecule has 0 atom stereocenters. The molecule has 0 aliphatic heterocycles. The molecule has 3 nitrogen and oxygen atoms in total. The molecule has 1 fully saturated rings. The fourth-order valence-corrected chi connectivity index (χ4v) is 1.88. The molecule has 0 spiro atoms. The zero-order chi connectivity index (χ0) is 12.8. The molecule has 2 rings (SSSR count). The molecule has 0 unspecified atom stereocenters. The number of ether oxygens (including phenoxy) is 1. The van der Waals surface area contributed by atoms with Gasteiger partial charge in [-0.15, -0.1) is 0 Å². The van der Waals surface area contributed by atoms with Crippen molar-refractivity contribution in [3.05, 3.63) is 35.4 Å². The molecule has 0 saturated heterocycles. The summed E-state index contributed by atoms with van der Waals surface area (Å²) in [6.07, 6.45) is 2.69. The van der Waals surface area contributed by atoms with E-state index >= 15 is 0 Å². The second-order valence-corrected chi connectivity index (χ2v) is 5.07. The Morgan fingerprint density at radius 2 is 2.28 bits per heavy atom. The maximum atomic E-state index is 8.84. The summed E-state index contributed by atoms with van der Waals surface area (Å²) in [6.45, 7) is 3.52. The smallest absolute Gasteiger partial charge is 0.0991 e. The molecule has 0 heterocycles. The van der Waals surface area contributed by atoms with E-state index in [1.165, 1.54) is 18.4 Å². The standard InChI is InChI=1S/C15H20N2O/c1-17(7-8-18-12-13-5-6-13)11-15-4-2-3-14(9-15)10-16/h2-4,9,13H,5-8,11-12H2,1H3. The molecule has 1 aliphatic carbocycles. The Labute approximate surface area is 109 Å². The summed E-state index contributed by atoms with van der Waals surface area (Å²) in [4.78, 5) is 2.23. The van der Waals surface area contributed by atoms with Crippen LogP contribution < -0.4 is 0 Å². The SMILES string of the molecule is CN(CCOCC1CC1)Cc1cccc(C#N)c1. The van der Waals surface area contributed by atoms with Crippen LogP contribution in [0.2, 0.25) is 0 Å². The topological polar surface area (TPSA) is 36.3 Å². The molecule has 3 heteroatoms. The van der Waals surface area contributed by atoms with Crippen LogP contribution in [-0.4, -0.2) is 31.7 Å². The van der Waals surface area contributed by atoms with Gasteiger partial charge in [-0.05, 0) is 43.5 Å². The molecule has 1 aromatic carbocycles. The Hall–Kier alpha value is -1.37. The van der Waals surface area contributed by atoms with Crippen molar-refractivity contribution in [2.75, 3.05) is 26.8 Å². The van der Waals surface area contributed by atoms with Gasteiger partial charge in [0.15, 0.2) is 0 Å². The van der Waals surface area contributed by atoms with E-state index in [0.717, 1.165) is 37.8 Å². The number of hydrogen-bond acceptors (Lipinski definition) is 3. The van der Waals surface area contributed by atoms with Crippen LogP contribution >= 0.6 is 0 Å². The van der Waals surface area contributed by atoms with Gasteiger partial charge < -0.3 is 4.74 Å². The number of hydrogen-bond donors (Lipinski definition) is 0. The molecule has 18 heavy (non-hydrogen) atoms. The predicted molar refractivity (Wildman–Crippen MR) is 71.0 cm³/mol. The summed E-state index contributed by atoms with van der Waals surface area (Å²) in [7, 11) is 2.08. The van der Waals surface area contributed by atoms with Gasteiger partial charge in [-0.3, -0.25) is 4.90 Å². The highest BCUT2D eigenvalue weighted by Gasteiger charge is 2.20. The van der Waals surface area contributed by atoms with E-state index in [0.29, 0.717) is 0 Å². The maximum absolute atomic E-state index is 8.84. The Balaban J connectivity index is 1.68. The molecule has 96 valence electrons. The van der Waals surface area contributed by atoms with Gasteiger partial charge in [0.1, 0.15) is 0 Å². The van der Waals surface area contributed by atoms with E-state index in [-0.39, 0.29) is 0 Å². The first-order chi connectivity index (χ1) is 8.78. The predicted octanol–water partition coefficient (Wildman–Crippen LogP) is 2.42. The second-order valence-electron chi connectivity index (χ2n) is 5.07. The molecule has 1 aliphatic rings. The minimum atomic E-state index is 0.728. The lowest BCUT2D eigenvalue weighted by Gasteiger charge is -2.16. The largest absolute Gasteiger partial charge is 0.380 e. The van der Waals surface area contributed by atoms with Crippen LogP contribution in [-0.2, 0) is 11.3 Å². The first-order valence-corrected chi connectivity index (χ1v) is 6.53. The van der Waals surface area contributed by atoms with Gasteiger partial charge in [-0.1, -0.05) is 12.1 Å². The Morgan fingerprint density at radius 3 is 3.00 bits per heavy atom. The van der Waals surface area contributed by atoms with Crippen molar-refractivity contribution in [2.45, 2.75) is 19.4 Å². The highest BCUT2D eigenvalue weighted by Crippen LogP contribution is 2.28. The third-order valence-corrected chi connectivity index (χ3v) is 3.18. The summed E-state index contributed by atoms with van der Waals surface area (Å²) in [5.41, 5.74) is 1.91. The summed E-state index contributed by atoms with van der Waals surface area (Å²) in [6, 6.07) is 9.94. The number of benzene rings is 1. The van der Waals surface area contributed by atoms with Gasteiger partial charge in [0.2, 0.25) is 0 Å². The zero-order valence-electron chi connectivity index (χ0n) is 10.9. The van der Waals surface area contributed by atoms with Crippen molar-refractivity contribution in [2.24, 2.45) is 5.92 Å². The lowest BCUT2D eigenvalue weighted by atomic mass is 10.1. The first kappa shape index (κ1) is 13.1. The summed E-state index contributed by atoms with van der Waals surface area (Å²) < 4.78 is 5.62. The van der Waals surface area contributed by atoms with E-state index in [9.17, 15) is 0 Å². The van der Waals surface area contributed by atoms with E-state index in [4.69, 9.17) is 10.00 Å². The van der Waals surface area contributed by atoms with Crippen molar-refractivity contribution in [3.63, 3.8) is 0 Å². The summed E-state index contributed by atoms with van der Waals surface area (Å²) in [5, 5.41) is 8.84. The zero-order valence-corrected chi connectivity index (χ0v) is 10.9. The number of nitrogens with zero attached hydrogens (tertiary/aromatic N) is 2. The van der Waals surface area contributed by atoms with Crippen LogP contribution in [0.1, 0.15) is 24.0 Å². The van der Waals surface area contributed by atoms with Crippen LogP contribution in [0.15, 0.2) is 24.3 Å². The quantitative estimate of drug-likeness (QED) is 0.691. The van der Waals surface area contributed by atoms with Gasteiger partial charge in [-0.25, -0.2) is 0 Å². The van der Waals surface area contributed by atoms with Crippen LogP contribution in [0, 0.1) is 17.2 Å². The minimum Gasteiger partial charge on any atom is -0.380 e. The van der Waals surface area contributed by atoms with Gasteiger partial charge >= 0.3 is 0 Å².